The Morgan fingerprint density at radius 3 is 2.45 bits per heavy atom. The van der Waals surface area contributed by atoms with Crippen LogP contribution in [-0.4, -0.2) is 47.5 Å². The van der Waals surface area contributed by atoms with E-state index in [-0.39, 0.29) is 11.8 Å². The van der Waals surface area contributed by atoms with Gasteiger partial charge in [0.1, 0.15) is 5.69 Å². The highest BCUT2D eigenvalue weighted by atomic mass is 16.2. The summed E-state index contributed by atoms with van der Waals surface area (Å²) in [5.41, 5.74) is 7.59. The quantitative estimate of drug-likeness (QED) is 0.337. The Morgan fingerprint density at radius 2 is 1.68 bits per heavy atom. The largest absolute Gasteiger partial charge is 0.351 e. The first-order chi connectivity index (χ1) is 19.5. The van der Waals surface area contributed by atoms with E-state index >= 15 is 0 Å². The lowest BCUT2D eigenvalue weighted by Crippen LogP contribution is -2.33. The van der Waals surface area contributed by atoms with Gasteiger partial charge in [0.25, 0.3) is 11.8 Å². The molecule has 3 aromatic carbocycles. The number of fused-ring (bicyclic) bond motifs is 2. The number of anilines is 1. The SMILES string of the molecule is Cc1ccccc1-c1ccc(C(=O)N2Cc3ccc(C(=O)NCCC4CCCN4C)n3Cc3ccccc32)cc1. The van der Waals surface area contributed by atoms with Crippen molar-refractivity contribution in [2.45, 2.75) is 45.3 Å². The van der Waals surface area contributed by atoms with Crippen LogP contribution in [0.15, 0.2) is 84.9 Å². The van der Waals surface area contributed by atoms with E-state index in [9.17, 15) is 9.59 Å². The number of aryl methyl sites for hydroxylation is 1. The van der Waals surface area contributed by atoms with Gasteiger partial charge in [-0.25, -0.2) is 0 Å². The van der Waals surface area contributed by atoms with Crippen LogP contribution in [0.3, 0.4) is 0 Å². The molecule has 0 saturated carbocycles. The van der Waals surface area contributed by atoms with Gasteiger partial charge in [-0.1, -0.05) is 54.6 Å². The molecule has 1 fully saturated rings. The van der Waals surface area contributed by atoms with Crippen LogP contribution in [-0.2, 0) is 13.1 Å². The first-order valence-corrected chi connectivity index (χ1v) is 14.2. The molecule has 1 unspecified atom stereocenters. The molecule has 2 aliphatic rings. The number of para-hydroxylation sites is 1. The topological polar surface area (TPSA) is 57.6 Å². The number of aromatic nitrogens is 1. The van der Waals surface area contributed by atoms with Gasteiger partial charge in [0.2, 0.25) is 0 Å². The van der Waals surface area contributed by atoms with Gasteiger partial charge in [-0.2, -0.15) is 0 Å². The highest BCUT2D eigenvalue weighted by Crippen LogP contribution is 2.31. The Hall–Kier alpha value is -4.16. The molecule has 40 heavy (non-hydrogen) atoms. The molecule has 6 heteroatoms. The van der Waals surface area contributed by atoms with Crippen molar-refractivity contribution in [2.75, 3.05) is 25.0 Å². The number of benzene rings is 3. The summed E-state index contributed by atoms with van der Waals surface area (Å²) in [6.45, 7) is 4.84. The van der Waals surface area contributed by atoms with Crippen molar-refractivity contribution in [2.24, 2.45) is 0 Å². The zero-order valence-corrected chi connectivity index (χ0v) is 23.3. The Balaban J connectivity index is 1.23. The average Bonchev–Trinajstić information content (AvgIpc) is 3.53. The number of nitrogens with zero attached hydrogens (tertiary/aromatic N) is 3. The highest BCUT2D eigenvalue weighted by Gasteiger charge is 2.27. The van der Waals surface area contributed by atoms with Crippen LogP contribution in [0.2, 0.25) is 0 Å². The smallest absolute Gasteiger partial charge is 0.267 e. The van der Waals surface area contributed by atoms with Gasteiger partial charge in [-0.05, 0) is 92.4 Å². The summed E-state index contributed by atoms with van der Waals surface area (Å²) in [6, 6.07) is 28.6. The predicted octanol–water partition coefficient (Wildman–Crippen LogP) is 5.89. The van der Waals surface area contributed by atoms with Gasteiger partial charge in [0.15, 0.2) is 0 Å². The van der Waals surface area contributed by atoms with Crippen LogP contribution in [0, 0.1) is 6.92 Å². The Kier molecular flexibility index (Phi) is 7.27. The lowest BCUT2D eigenvalue weighted by molar-refractivity contribution is 0.0940. The van der Waals surface area contributed by atoms with Crippen LogP contribution < -0.4 is 10.2 Å². The second-order valence-electron chi connectivity index (χ2n) is 11.0. The molecule has 2 amide bonds. The summed E-state index contributed by atoms with van der Waals surface area (Å²) in [6.07, 6.45) is 3.39. The molecule has 0 radical (unpaired) electrons. The minimum absolute atomic E-state index is 0.0508. The standard InChI is InChI=1S/C34H36N4O2/c1-24-8-3-5-11-30(24)25-13-15-26(16-14-25)34(40)38-23-29-17-18-32(37(29)22-27-9-4-6-12-31(27)38)33(39)35-20-19-28-10-7-21-36(28)2/h3-6,8-9,11-18,28H,7,10,19-23H2,1-2H3,(H,35,39). The third kappa shape index (κ3) is 5.07. The van der Waals surface area contributed by atoms with Crippen molar-refractivity contribution in [3.05, 3.63) is 113 Å². The molecular weight excluding hydrogens is 496 g/mol. The van der Waals surface area contributed by atoms with Crippen molar-refractivity contribution in [3.63, 3.8) is 0 Å². The number of hydrogen-bond donors (Lipinski definition) is 1. The lowest BCUT2D eigenvalue weighted by atomic mass is 9.99. The van der Waals surface area contributed by atoms with E-state index in [1.807, 2.05) is 77.7 Å². The summed E-state index contributed by atoms with van der Waals surface area (Å²) >= 11 is 0. The van der Waals surface area contributed by atoms with E-state index in [1.165, 1.54) is 24.0 Å². The van der Waals surface area contributed by atoms with Crippen LogP contribution in [0.4, 0.5) is 5.69 Å². The van der Waals surface area contributed by atoms with E-state index in [1.54, 1.807) is 0 Å². The Morgan fingerprint density at radius 1 is 0.900 bits per heavy atom. The summed E-state index contributed by atoms with van der Waals surface area (Å²) in [5.74, 6) is -0.110. The van der Waals surface area contributed by atoms with E-state index in [0.717, 1.165) is 35.5 Å². The fourth-order valence-corrected chi connectivity index (χ4v) is 6.17. The van der Waals surface area contributed by atoms with E-state index in [4.69, 9.17) is 0 Å². The van der Waals surface area contributed by atoms with E-state index in [0.29, 0.717) is 36.9 Å². The molecule has 2 aliphatic heterocycles. The third-order valence-electron chi connectivity index (χ3n) is 8.50. The number of carbonyl (C=O) groups excluding carboxylic acids is 2. The first kappa shape index (κ1) is 26.1. The van der Waals surface area contributed by atoms with Crippen molar-refractivity contribution in [1.29, 1.82) is 0 Å². The predicted molar refractivity (Wildman–Crippen MR) is 160 cm³/mol. The average molecular weight is 533 g/mol. The molecule has 6 rings (SSSR count). The zero-order chi connectivity index (χ0) is 27.6. The second kappa shape index (κ2) is 11.1. The summed E-state index contributed by atoms with van der Waals surface area (Å²) < 4.78 is 2.06. The van der Waals surface area contributed by atoms with Gasteiger partial charge < -0.3 is 19.7 Å². The van der Waals surface area contributed by atoms with Crippen LogP contribution in [0.25, 0.3) is 11.1 Å². The lowest BCUT2D eigenvalue weighted by Gasteiger charge is -2.23. The van der Waals surface area contributed by atoms with Crippen LogP contribution >= 0.6 is 0 Å². The van der Waals surface area contributed by atoms with Crippen molar-refractivity contribution in [1.82, 2.24) is 14.8 Å². The molecule has 4 aromatic rings. The Bertz CT molecular complexity index is 1540. The molecule has 204 valence electrons. The van der Waals surface area contributed by atoms with Crippen molar-refractivity contribution < 1.29 is 9.59 Å². The number of amides is 2. The van der Waals surface area contributed by atoms with Gasteiger partial charge in [-0.15, -0.1) is 0 Å². The van der Waals surface area contributed by atoms with E-state index in [2.05, 4.69) is 40.9 Å². The first-order valence-electron chi connectivity index (χ1n) is 14.2. The monoisotopic (exact) mass is 532 g/mol. The molecule has 1 saturated heterocycles. The zero-order valence-electron chi connectivity index (χ0n) is 23.3. The fourth-order valence-electron chi connectivity index (χ4n) is 6.17. The van der Waals surface area contributed by atoms with Crippen molar-refractivity contribution in [3.8, 4) is 11.1 Å². The maximum Gasteiger partial charge on any atom is 0.267 e. The molecule has 0 bridgehead atoms. The Labute approximate surface area is 236 Å². The summed E-state index contributed by atoms with van der Waals surface area (Å²) in [5, 5.41) is 3.14. The molecule has 0 aliphatic carbocycles. The molecule has 3 heterocycles. The number of rotatable bonds is 6. The van der Waals surface area contributed by atoms with Gasteiger partial charge in [-0.3, -0.25) is 9.59 Å². The molecule has 0 spiro atoms. The number of carbonyl (C=O) groups is 2. The van der Waals surface area contributed by atoms with E-state index < -0.39 is 0 Å². The van der Waals surface area contributed by atoms with Gasteiger partial charge in [0.05, 0.1) is 13.1 Å². The molecular formula is C34H36N4O2. The fraction of sp³-hybridized carbons (Fsp3) is 0.294. The number of nitrogens with one attached hydrogen (secondary N) is 1. The maximum atomic E-state index is 13.9. The number of likely N-dealkylation sites (tertiary alicyclic amines) is 1. The molecule has 6 nitrogen and oxygen atoms in total. The minimum atomic E-state index is -0.0593. The van der Waals surface area contributed by atoms with Crippen LogP contribution in [0.5, 0.6) is 0 Å². The molecule has 1 atom stereocenters. The highest BCUT2D eigenvalue weighted by molar-refractivity contribution is 6.07. The van der Waals surface area contributed by atoms with Crippen LogP contribution in [0.1, 0.15) is 56.9 Å². The van der Waals surface area contributed by atoms with Gasteiger partial charge >= 0.3 is 0 Å². The third-order valence-corrected chi connectivity index (χ3v) is 8.50. The normalized spacial score (nSPS) is 16.8. The second-order valence-corrected chi connectivity index (χ2v) is 11.0. The summed E-state index contributed by atoms with van der Waals surface area (Å²) in [7, 11) is 2.16. The van der Waals surface area contributed by atoms with Gasteiger partial charge in [0, 0.05) is 29.5 Å². The maximum absolute atomic E-state index is 13.9. The summed E-state index contributed by atoms with van der Waals surface area (Å²) in [4.78, 5) is 31.4. The van der Waals surface area contributed by atoms with Crippen molar-refractivity contribution >= 4 is 17.5 Å². The molecule has 1 aromatic heterocycles. The minimum Gasteiger partial charge on any atom is -0.351 e. The number of hydrogen-bond acceptors (Lipinski definition) is 3. The molecule has 1 N–H and O–H groups in total.